The number of aliphatic carboxylic acids is 1. The molecule has 232 valence electrons. The minimum atomic E-state index is -1.23. The molecule has 2 atom stereocenters. The SMILES string of the molecule is Cc1cc(-c2c(C)cccc2C)cc([C@H](CC(=O)O)NC(=O)C(CC(C)C)n2cc(CCN(C)C)c(C)c(F)c2=O)c1F. The molecule has 0 radical (unpaired) electrons. The molecule has 0 aliphatic carbocycles. The predicted molar refractivity (Wildman–Crippen MR) is 165 cm³/mol. The number of carboxylic acids is 1. The van der Waals surface area contributed by atoms with Crippen molar-refractivity contribution in [2.24, 2.45) is 5.92 Å². The maximum absolute atomic E-state index is 15.7. The lowest BCUT2D eigenvalue weighted by atomic mass is 9.90. The smallest absolute Gasteiger partial charge is 0.305 e. The first-order valence-electron chi connectivity index (χ1n) is 14.6. The number of halogens is 2. The summed E-state index contributed by atoms with van der Waals surface area (Å²) in [4.78, 5) is 41.0. The largest absolute Gasteiger partial charge is 0.481 e. The Labute approximate surface area is 252 Å². The molecule has 43 heavy (non-hydrogen) atoms. The number of carbonyl (C=O) groups is 2. The number of carboxylic acid groups (broad SMARTS) is 1. The maximum Gasteiger partial charge on any atom is 0.305 e. The van der Waals surface area contributed by atoms with Gasteiger partial charge in [0.05, 0.1) is 12.5 Å². The molecule has 0 saturated carbocycles. The third-order valence-electron chi connectivity index (χ3n) is 7.81. The predicted octanol–water partition coefficient (Wildman–Crippen LogP) is 6.05. The third-order valence-corrected chi connectivity index (χ3v) is 7.81. The number of benzene rings is 2. The highest BCUT2D eigenvalue weighted by Gasteiger charge is 2.30. The molecular formula is C34H43F2N3O4. The molecule has 2 aromatic carbocycles. The van der Waals surface area contributed by atoms with E-state index in [0.717, 1.165) is 21.3 Å². The molecule has 0 saturated heterocycles. The summed E-state index contributed by atoms with van der Waals surface area (Å²) in [6.07, 6.45) is 1.59. The van der Waals surface area contributed by atoms with Crippen LogP contribution in [0.5, 0.6) is 0 Å². The van der Waals surface area contributed by atoms with Gasteiger partial charge in [-0.2, -0.15) is 0 Å². The summed E-state index contributed by atoms with van der Waals surface area (Å²) < 4.78 is 32.0. The number of amides is 1. The van der Waals surface area contributed by atoms with E-state index in [1.165, 1.54) is 6.20 Å². The minimum absolute atomic E-state index is 0.0332. The van der Waals surface area contributed by atoms with Gasteiger partial charge in [0, 0.05) is 18.3 Å². The Bertz CT molecular complexity index is 1540. The molecule has 7 nitrogen and oxygen atoms in total. The second kappa shape index (κ2) is 14.1. The number of hydrogen-bond acceptors (Lipinski definition) is 4. The molecule has 0 aliphatic heterocycles. The molecule has 3 rings (SSSR count). The van der Waals surface area contributed by atoms with Crippen molar-refractivity contribution in [3.8, 4) is 11.1 Å². The highest BCUT2D eigenvalue weighted by Crippen LogP contribution is 2.33. The number of pyridine rings is 1. The van der Waals surface area contributed by atoms with Crippen LogP contribution < -0.4 is 10.9 Å². The molecule has 1 aromatic heterocycles. The Kier molecular flexibility index (Phi) is 11.0. The topological polar surface area (TPSA) is 91.6 Å². The van der Waals surface area contributed by atoms with E-state index in [2.05, 4.69) is 5.32 Å². The lowest BCUT2D eigenvalue weighted by Crippen LogP contribution is -2.41. The summed E-state index contributed by atoms with van der Waals surface area (Å²) in [5, 5.41) is 12.5. The van der Waals surface area contributed by atoms with Gasteiger partial charge in [0.15, 0.2) is 5.82 Å². The highest BCUT2D eigenvalue weighted by atomic mass is 19.1. The van der Waals surface area contributed by atoms with Gasteiger partial charge in [-0.25, -0.2) is 8.78 Å². The van der Waals surface area contributed by atoms with Gasteiger partial charge in [0.25, 0.3) is 5.56 Å². The molecule has 0 bridgehead atoms. The van der Waals surface area contributed by atoms with E-state index in [0.29, 0.717) is 29.7 Å². The Morgan fingerprint density at radius 1 is 1.00 bits per heavy atom. The lowest BCUT2D eigenvalue weighted by molar-refractivity contribution is -0.138. The summed E-state index contributed by atoms with van der Waals surface area (Å²) in [5.74, 6) is -3.53. The number of aromatic nitrogens is 1. The number of aryl methyl sites for hydroxylation is 3. The summed E-state index contributed by atoms with van der Waals surface area (Å²) in [7, 11) is 3.77. The van der Waals surface area contributed by atoms with E-state index in [9.17, 15) is 19.5 Å². The highest BCUT2D eigenvalue weighted by molar-refractivity contribution is 5.82. The molecule has 3 aromatic rings. The standard InChI is InChI=1S/C34H43F2N3O4/c1-19(2)14-28(39-18-24(12-13-38(7)8)23(6)32(36)34(39)43)33(42)37-27(17-29(40)41)26-16-25(15-22(5)31(26)35)30-20(3)10-9-11-21(30)4/h9-11,15-16,18-19,27-28H,12-14,17H2,1-8H3,(H,37,42)(H,40,41)/t27-,28?/m0/s1. The third kappa shape index (κ3) is 7.96. The van der Waals surface area contributed by atoms with Crippen molar-refractivity contribution in [1.29, 1.82) is 0 Å². The van der Waals surface area contributed by atoms with Gasteiger partial charge in [-0.05, 0) is 112 Å². The molecule has 0 aliphatic rings. The van der Waals surface area contributed by atoms with Crippen molar-refractivity contribution in [2.45, 2.75) is 72.9 Å². The molecule has 2 N–H and O–H groups in total. The Morgan fingerprint density at radius 2 is 1.63 bits per heavy atom. The zero-order valence-corrected chi connectivity index (χ0v) is 26.3. The van der Waals surface area contributed by atoms with Crippen LogP contribution in [0.1, 0.15) is 72.2 Å². The van der Waals surface area contributed by atoms with Gasteiger partial charge < -0.3 is 19.9 Å². The van der Waals surface area contributed by atoms with Gasteiger partial charge in [-0.3, -0.25) is 14.4 Å². The van der Waals surface area contributed by atoms with Crippen molar-refractivity contribution >= 4 is 11.9 Å². The number of nitrogens with one attached hydrogen (secondary N) is 1. The van der Waals surface area contributed by atoms with E-state index in [1.807, 2.05) is 64.9 Å². The number of carbonyl (C=O) groups excluding carboxylic acids is 1. The van der Waals surface area contributed by atoms with Crippen LogP contribution in [-0.4, -0.2) is 47.1 Å². The van der Waals surface area contributed by atoms with Crippen LogP contribution in [0.25, 0.3) is 11.1 Å². The molecule has 1 heterocycles. The molecule has 9 heteroatoms. The Hall–Kier alpha value is -3.85. The van der Waals surface area contributed by atoms with Gasteiger partial charge in [-0.15, -0.1) is 0 Å². The van der Waals surface area contributed by atoms with Gasteiger partial charge in [0.2, 0.25) is 5.91 Å². The zero-order valence-electron chi connectivity index (χ0n) is 26.3. The van der Waals surface area contributed by atoms with Crippen molar-refractivity contribution in [2.75, 3.05) is 20.6 Å². The maximum atomic E-state index is 15.7. The summed E-state index contributed by atoms with van der Waals surface area (Å²) in [5.41, 5.74) is 3.78. The minimum Gasteiger partial charge on any atom is -0.481 e. The second-order valence-corrected chi connectivity index (χ2v) is 12.1. The second-order valence-electron chi connectivity index (χ2n) is 12.1. The van der Waals surface area contributed by atoms with Crippen LogP contribution in [0, 0.1) is 45.2 Å². The normalized spacial score (nSPS) is 12.9. The number of likely N-dealkylation sites (N-methyl/N-ethyl adjacent to an activating group) is 1. The van der Waals surface area contributed by atoms with Crippen LogP contribution in [0.2, 0.25) is 0 Å². The number of nitrogens with zero attached hydrogens (tertiary/aromatic N) is 2. The van der Waals surface area contributed by atoms with E-state index < -0.39 is 47.6 Å². The van der Waals surface area contributed by atoms with E-state index in [-0.39, 0.29) is 23.5 Å². The van der Waals surface area contributed by atoms with Crippen molar-refractivity contribution in [1.82, 2.24) is 14.8 Å². The lowest BCUT2D eigenvalue weighted by Gasteiger charge is -2.27. The summed E-state index contributed by atoms with van der Waals surface area (Å²) >= 11 is 0. The first-order chi connectivity index (χ1) is 20.1. The molecular weight excluding hydrogens is 552 g/mol. The van der Waals surface area contributed by atoms with Crippen molar-refractivity contribution in [3.05, 3.63) is 91.9 Å². The van der Waals surface area contributed by atoms with Crippen LogP contribution in [0.15, 0.2) is 41.3 Å². The van der Waals surface area contributed by atoms with Crippen molar-refractivity contribution in [3.63, 3.8) is 0 Å². The van der Waals surface area contributed by atoms with E-state index >= 15 is 8.78 Å². The quantitative estimate of drug-likeness (QED) is 0.266. The first kappa shape index (κ1) is 33.6. The first-order valence-corrected chi connectivity index (χ1v) is 14.6. The van der Waals surface area contributed by atoms with Gasteiger partial charge in [-0.1, -0.05) is 32.0 Å². The fourth-order valence-electron chi connectivity index (χ4n) is 5.50. The molecule has 1 amide bonds. The average molecular weight is 596 g/mol. The van der Waals surface area contributed by atoms with Crippen LogP contribution >= 0.6 is 0 Å². The fourth-order valence-corrected chi connectivity index (χ4v) is 5.50. The van der Waals surface area contributed by atoms with Crippen molar-refractivity contribution < 1.29 is 23.5 Å². The van der Waals surface area contributed by atoms with Crippen LogP contribution in [0.4, 0.5) is 8.78 Å². The van der Waals surface area contributed by atoms with Gasteiger partial charge in [0.1, 0.15) is 11.9 Å². The monoisotopic (exact) mass is 595 g/mol. The van der Waals surface area contributed by atoms with Crippen LogP contribution in [0.3, 0.4) is 0 Å². The van der Waals surface area contributed by atoms with E-state index in [4.69, 9.17) is 0 Å². The van der Waals surface area contributed by atoms with Crippen LogP contribution in [-0.2, 0) is 16.0 Å². The van der Waals surface area contributed by atoms with Gasteiger partial charge >= 0.3 is 5.97 Å². The number of rotatable bonds is 12. The summed E-state index contributed by atoms with van der Waals surface area (Å²) in [6.45, 7) is 11.4. The average Bonchev–Trinajstić information content (AvgIpc) is 2.91. The Balaban J connectivity index is 2.12. The fraction of sp³-hybridized carbons (Fsp3) is 0.441. The molecule has 1 unspecified atom stereocenters. The Morgan fingerprint density at radius 3 is 2.19 bits per heavy atom. The molecule has 0 spiro atoms. The molecule has 0 fully saturated rings. The summed E-state index contributed by atoms with van der Waals surface area (Å²) in [6, 6.07) is 6.73. The zero-order chi connectivity index (χ0) is 32.2. The van der Waals surface area contributed by atoms with E-state index in [1.54, 1.807) is 26.0 Å². The number of hydrogen-bond donors (Lipinski definition) is 2.